The van der Waals surface area contributed by atoms with Gasteiger partial charge in [-0.2, -0.15) is 0 Å². The maximum absolute atomic E-state index is 6.28. The second-order valence-electron chi connectivity index (χ2n) is 4.68. The molecule has 0 aliphatic rings. The summed E-state index contributed by atoms with van der Waals surface area (Å²) in [4.78, 5) is 0. The fourth-order valence-corrected chi connectivity index (χ4v) is 5.59. The summed E-state index contributed by atoms with van der Waals surface area (Å²) in [6.07, 6.45) is 0. The molecule has 0 unspecified atom stereocenters. The van der Waals surface area contributed by atoms with Crippen molar-refractivity contribution >= 4 is 30.8 Å². The minimum absolute atomic E-state index is 0.722. The van der Waals surface area contributed by atoms with Crippen molar-refractivity contribution in [1.29, 1.82) is 0 Å². The van der Waals surface area contributed by atoms with Gasteiger partial charge in [-0.3, -0.25) is 0 Å². The van der Waals surface area contributed by atoms with Crippen LogP contribution in [-0.4, -0.2) is 14.3 Å². The van der Waals surface area contributed by atoms with Crippen molar-refractivity contribution in [2.75, 3.05) is 5.50 Å². The lowest BCUT2D eigenvalue weighted by Crippen LogP contribution is -2.47. The minimum Gasteiger partial charge on any atom is -0.130 e. The molecule has 2 aromatic carbocycles. The normalized spacial score (nSPS) is 10.9. The monoisotopic (exact) mass is 273 g/mol. The van der Waals surface area contributed by atoms with E-state index in [0.29, 0.717) is 0 Å². The highest BCUT2D eigenvalue weighted by Gasteiger charge is 2.20. The van der Waals surface area contributed by atoms with Crippen molar-refractivity contribution in [3.05, 3.63) is 59.2 Å². The Kier molecular flexibility index (Phi) is 4.26. The van der Waals surface area contributed by atoms with Crippen LogP contribution in [0.25, 0.3) is 0 Å². The zero-order valence-electron chi connectivity index (χ0n) is 11.1. The number of rotatable bonds is 3. The zero-order chi connectivity index (χ0) is 13.1. The summed E-state index contributed by atoms with van der Waals surface area (Å²) >= 11 is 6.28. The molecule has 0 heterocycles. The summed E-state index contributed by atoms with van der Waals surface area (Å²) in [5.74, 6) is 0. The van der Waals surface area contributed by atoms with Gasteiger partial charge in [0.2, 0.25) is 0 Å². The molecule has 2 heteroatoms. The van der Waals surface area contributed by atoms with Crippen LogP contribution in [0.1, 0.15) is 16.7 Å². The zero-order valence-corrected chi connectivity index (χ0v) is 12.9. The summed E-state index contributed by atoms with van der Waals surface area (Å²) in [5.41, 5.74) is 4.86. The Morgan fingerprint density at radius 2 is 1.50 bits per heavy atom. The molecule has 0 fully saturated rings. The predicted molar refractivity (Wildman–Crippen MR) is 82.8 cm³/mol. The van der Waals surface area contributed by atoms with Gasteiger partial charge in [0, 0.05) is 5.50 Å². The molecular formula is C16H18ClSi. The van der Waals surface area contributed by atoms with Gasteiger partial charge in [0.15, 0.2) is 0 Å². The van der Waals surface area contributed by atoms with Crippen LogP contribution in [0.2, 0.25) is 0 Å². The van der Waals surface area contributed by atoms with Crippen LogP contribution < -0.4 is 10.4 Å². The van der Waals surface area contributed by atoms with Crippen molar-refractivity contribution in [3.63, 3.8) is 0 Å². The first-order chi connectivity index (χ1) is 8.65. The van der Waals surface area contributed by atoms with Gasteiger partial charge in [-0.1, -0.05) is 53.2 Å². The second-order valence-corrected chi connectivity index (χ2v) is 7.78. The Bertz CT molecular complexity index is 534. The van der Waals surface area contributed by atoms with Crippen LogP contribution >= 0.6 is 11.6 Å². The molecule has 2 rings (SSSR count). The highest BCUT2D eigenvalue weighted by molar-refractivity contribution is 6.90. The first kappa shape index (κ1) is 13.4. The molecule has 0 saturated heterocycles. The molecular weight excluding hydrogens is 256 g/mol. The summed E-state index contributed by atoms with van der Waals surface area (Å²) < 4.78 is 0. The lowest BCUT2D eigenvalue weighted by Gasteiger charge is -2.19. The van der Waals surface area contributed by atoms with Crippen molar-refractivity contribution in [1.82, 2.24) is 0 Å². The van der Waals surface area contributed by atoms with E-state index in [-0.39, 0.29) is 0 Å². The second kappa shape index (κ2) is 5.72. The standard InChI is InChI=1S/C16H18ClSi/c1-12-9-10-13(2)16(14(12)3)18(11-17)15-7-5-4-6-8-15/h4-10H,11H2,1-3H3. The first-order valence-corrected chi connectivity index (χ1v) is 8.43. The van der Waals surface area contributed by atoms with Crippen LogP contribution in [0.4, 0.5) is 0 Å². The van der Waals surface area contributed by atoms with E-state index in [9.17, 15) is 0 Å². The van der Waals surface area contributed by atoms with Gasteiger partial charge in [0.1, 0.15) is 8.80 Å². The van der Waals surface area contributed by atoms with Crippen LogP contribution in [0.3, 0.4) is 0 Å². The van der Waals surface area contributed by atoms with Gasteiger partial charge in [-0.15, -0.1) is 11.6 Å². The number of halogens is 1. The Morgan fingerprint density at radius 3 is 2.11 bits per heavy atom. The predicted octanol–water partition coefficient (Wildman–Crippen LogP) is 3.00. The van der Waals surface area contributed by atoms with Crippen molar-refractivity contribution in [2.45, 2.75) is 20.8 Å². The summed E-state index contributed by atoms with van der Waals surface area (Å²) in [5, 5.41) is 2.88. The third-order valence-electron chi connectivity index (χ3n) is 3.50. The van der Waals surface area contributed by atoms with E-state index in [1.165, 1.54) is 27.1 Å². The largest absolute Gasteiger partial charge is 0.137 e. The Hall–Kier alpha value is -1.05. The van der Waals surface area contributed by atoms with E-state index in [2.05, 4.69) is 63.2 Å². The molecule has 0 spiro atoms. The van der Waals surface area contributed by atoms with Gasteiger partial charge in [0.25, 0.3) is 0 Å². The molecule has 1 radical (unpaired) electrons. The molecule has 0 N–H and O–H groups in total. The lowest BCUT2D eigenvalue weighted by atomic mass is 10.1. The minimum atomic E-state index is -0.856. The maximum Gasteiger partial charge on any atom is 0.137 e. The van der Waals surface area contributed by atoms with E-state index in [1.54, 1.807) is 0 Å². The van der Waals surface area contributed by atoms with Crippen LogP contribution in [-0.2, 0) is 0 Å². The van der Waals surface area contributed by atoms with Gasteiger partial charge < -0.3 is 0 Å². The average molecular weight is 274 g/mol. The molecule has 0 aliphatic heterocycles. The molecule has 0 aliphatic carbocycles. The van der Waals surface area contributed by atoms with Gasteiger partial charge in [0.05, 0.1) is 0 Å². The van der Waals surface area contributed by atoms with Crippen LogP contribution in [0.5, 0.6) is 0 Å². The van der Waals surface area contributed by atoms with Crippen molar-refractivity contribution < 1.29 is 0 Å². The van der Waals surface area contributed by atoms with E-state index in [1.807, 2.05) is 0 Å². The molecule has 18 heavy (non-hydrogen) atoms. The molecule has 93 valence electrons. The fourth-order valence-electron chi connectivity index (χ4n) is 2.34. The lowest BCUT2D eigenvalue weighted by molar-refractivity contribution is 1.33. The topological polar surface area (TPSA) is 0 Å². The molecule has 0 saturated carbocycles. The summed E-state index contributed by atoms with van der Waals surface area (Å²) in [7, 11) is -0.856. The molecule has 0 atom stereocenters. The number of benzene rings is 2. The average Bonchev–Trinajstić information content (AvgIpc) is 2.40. The summed E-state index contributed by atoms with van der Waals surface area (Å²) in [6, 6.07) is 15.1. The van der Waals surface area contributed by atoms with Crippen molar-refractivity contribution in [3.8, 4) is 0 Å². The molecule has 2 aromatic rings. The van der Waals surface area contributed by atoms with E-state index in [4.69, 9.17) is 11.6 Å². The van der Waals surface area contributed by atoms with Crippen molar-refractivity contribution in [2.24, 2.45) is 0 Å². The van der Waals surface area contributed by atoms with Crippen LogP contribution in [0.15, 0.2) is 42.5 Å². The summed E-state index contributed by atoms with van der Waals surface area (Å²) in [6.45, 7) is 6.59. The quantitative estimate of drug-likeness (QED) is 0.596. The van der Waals surface area contributed by atoms with Crippen LogP contribution in [0, 0.1) is 20.8 Å². The number of aryl methyl sites for hydroxylation is 2. The van der Waals surface area contributed by atoms with E-state index >= 15 is 0 Å². The molecule has 0 nitrogen and oxygen atoms in total. The third-order valence-corrected chi connectivity index (χ3v) is 6.97. The molecule has 0 bridgehead atoms. The van der Waals surface area contributed by atoms with E-state index in [0.717, 1.165) is 5.50 Å². The highest BCUT2D eigenvalue weighted by Crippen LogP contribution is 2.09. The molecule has 0 aromatic heterocycles. The Morgan fingerprint density at radius 1 is 0.889 bits per heavy atom. The van der Waals surface area contributed by atoms with Gasteiger partial charge in [-0.05, 0) is 37.1 Å². The number of alkyl halides is 1. The van der Waals surface area contributed by atoms with Gasteiger partial charge >= 0.3 is 0 Å². The number of hydrogen-bond acceptors (Lipinski definition) is 0. The van der Waals surface area contributed by atoms with Gasteiger partial charge in [-0.25, -0.2) is 0 Å². The smallest absolute Gasteiger partial charge is 0.130 e. The fraction of sp³-hybridized carbons (Fsp3) is 0.250. The highest BCUT2D eigenvalue weighted by atomic mass is 35.5. The maximum atomic E-state index is 6.28. The molecule has 0 amide bonds. The van der Waals surface area contributed by atoms with E-state index < -0.39 is 8.80 Å². The Balaban J connectivity index is 2.56. The first-order valence-electron chi connectivity index (χ1n) is 6.19. The Labute approximate surface area is 116 Å². The number of hydrogen-bond donors (Lipinski definition) is 0. The third kappa shape index (κ3) is 2.52. The SMILES string of the molecule is Cc1ccc(C)c([Si](CCl)c2ccccc2)c1C.